The van der Waals surface area contributed by atoms with Crippen LogP contribution in [0.25, 0.3) is 0 Å². The molecular weight excluding hydrogens is 248 g/mol. The maximum absolute atomic E-state index is 10.8. The van der Waals surface area contributed by atoms with Gasteiger partial charge in [-0.3, -0.25) is 4.79 Å². The molecule has 1 aromatic carbocycles. The number of aliphatic hydroxyl groups is 1. The molecule has 0 aromatic heterocycles. The summed E-state index contributed by atoms with van der Waals surface area (Å²) < 4.78 is 0.817. The number of carbonyl (C=O) groups is 1. The molecule has 0 bridgehead atoms. The van der Waals surface area contributed by atoms with E-state index >= 15 is 0 Å². The first-order chi connectivity index (χ1) is 6.56. The first kappa shape index (κ1) is 11.2. The van der Waals surface area contributed by atoms with Gasteiger partial charge in [0.25, 0.3) is 0 Å². The molecule has 4 heteroatoms. The molecule has 1 aromatic rings. The van der Waals surface area contributed by atoms with Crippen molar-refractivity contribution in [3.63, 3.8) is 0 Å². The number of carboxylic acid groups (broad SMARTS) is 1. The molecule has 0 saturated carbocycles. The molecule has 0 radical (unpaired) electrons. The predicted octanol–water partition coefficient (Wildman–Crippen LogP) is 1.92. The maximum atomic E-state index is 10.8. The van der Waals surface area contributed by atoms with Gasteiger partial charge in [0.05, 0.1) is 6.61 Å². The Morgan fingerprint density at radius 2 is 2.21 bits per heavy atom. The zero-order valence-corrected chi connectivity index (χ0v) is 9.28. The van der Waals surface area contributed by atoms with E-state index in [0.29, 0.717) is 5.56 Å². The number of benzene rings is 1. The first-order valence-corrected chi connectivity index (χ1v) is 4.95. The lowest BCUT2D eigenvalue weighted by Crippen LogP contribution is -2.16. The highest BCUT2D eigenvalue weighted by Gasteiger charge is 2.20. The van der Waals surface area contributed by atoms with E-state index in [4.69, 9.17) is 10.2 Å². The van der Waals surface area contributed by atoms with E-state index in [1.807, 2.05) is 19.1 Å². The molecule has 1 atom stereocenters. The summed E-state index contributed by atoms with van der Waals surface area (Å²) in [4.78, 5) is 10.8. The molecule has 76 valence electrons. The lowest BCUT2D eigenvalue weighted by molar-refractivity contribution is -0.139. The molecule has 0 saturated heterocycles. The van der Waals surface area contributed by atoms with Gasteiger partial charge in [-0.05, 0) is 30.2 Å². The molecule has 1 rings (SSSR count). The maximum Gasteiger partial charge on any atom is 0.313 e. The van der Waals surface area contributed by atoms with Crippen LogP contribution in [0, 0.1) is 6.92 Å². The van der Waals surface area contributed by atoms with Crippen LogP contribution in [-0.4, -0.2) is 22.8 Å². The van der Waals surface area contributed by atoms with Gasteiger partial charge in [0.2, 0.25) is 0 Å². The number of carboxylic acids is 1. The van der Waals surface area contributed by atoms with Crippen LogP contribution < -0.4 is 0 Å². The lowest BCUT2D eigenvalue weighted by Gasteiger charge is -2.12. The minimum atomic E-state index is -1.01. The summed E-state index contributed by atoms with van der Waals surface area (Å²) in [5.74, 6) is -1.85. The number of aliphatic hydroxyl groups excluding tert-OH is 1. The summed E-state index contributed by atoms with van der Waals surface area (Å²) in [5.41, 5.74) is 1.52. The van der Waals surface area contributed by atoms with E-state index in [1.54, 1.807) is 6.07 Å². The van der Waals surface area contributed by atoms with Crippen molar-refractivity contribution in [2.24, 2.45) is 0 Å². The number of rotatable bonds is 3. The molecule has 3 nitrogen and oxygen atoms in total. The second-order valence-corrected chi connectivity index (χ2v) is 3.99. The van der Waals surface area contributed by atoms with Gasteiger partial charge in [-0.15, -0.1) is 0 Å². The Bertz CT molecular complexity index is 349. The van der Waals surface area contributed by atoms with Crippen molar-refractivity contribution in [2.75, 3.05) is 6.61 Å². The highest BCUT2D eigenvalue weighted by atomic mass is 79.9. The second-order valence-electron chi connectivity index (χ2n) is 3.07. The van der Waals surface area contributed by atoms with E-state index in [-0.39, 0.29) is 6.61 Å². The monoisotopic (exact) mass is 258 g/mol. The van der Waals surface area contributed by atoms with Crippen LogP contribution in [0.3, 0.4) is 0 Å². The second kappa shape index (κ2) is 4.57. The third kappa shape index (κ3) is 2.33. The highest BCUT2D eigenvalue weighted by molar-refractivity contribution is 9.10. The van der Waals surface area contributed by atoms with Gasteiger partial charge in [-0.1, -0.05) is 22.0 Å². The quantitative estimate of drug-likeness (QED) is 0.871. The van der Waals surface area contributed by atoms with Crippen molar-refractivity contribution in [3.8, 4) is 0 Å². The third-order valence-corrected chi connectivity index (χ3v) is 2.59. The fourth-order valence-corrected chi connectivity index (χ4v) is 1.68. The van der Waals surface area contributed by atoms with E-state index in [1.165, 1.54) is 0 Å². The Labute approximate surface area is 90.5 Å². The fraction of sp³-hybridized carbons (Fsp3) is 0.300. The molecule has 1 unspecified atom stereocenters. The van der Waals surface area contributed by atoms with Gasteiger partial charge in [-0.2, -0.15) is 0 Å². The highest BCUT2D eigenvalue weighted by Crippen LogP contribution is 2.23. The Morgan fingerprint density at radius 1 is 1.57 bits per heavy atom. The molecule has 0 amide bonds. The van der Waals surface area contributed by atoms with E-state index in [9.17, 15) is 4.79 Å². The Balaban J connectivity index is 3.15. The van der Waals surface area contributed by atoms with Crippen LogP contribution in [0.5, 0.6) is 0 Å². The molecular formula is C10H11BrO3. The van der Waals surface area contributed by atoms with Gasteiger partial charge < -0.3 is 10.2 Å². The van der Waals surface area contributed by atoms with Crippen LogP contribution in [0.15, 0.2) is 22.7 Å². The van der Waals surface area contributed by atoms with Crippen molar-refractivity contribution in [2.45, 2.75) is 12.8 Å². The molecule has 0 aliphatic heterocycles. The van der Waals surface area contributed by atoms with Crippen molar-refractivity contribution in [1.29, 1.82) is 0 Å². The largest absolute Gasteiger partial charge is 0.481 e. The number of hydrogen-bond acceptors (Lipinski definition) is 2. The van der Waals surface area contributed by atoms with Crippen molar-refractivity contribution < 1.29 is 15.0 Å². The molecule has 2 N–H and O–H groups in total. The Hall–Kier alpha value is -0.870. The van der Waals surface area contributed by atoms with Gasteiger partial charge in [0.15, 0.2) is 0 Å². The van der Waals surface area contributed by atoms with Gasteiger partial charge >= 0.3 is 5.97 Å². The first-order valence-electron chi connectivity index (χ1n) is 4.16. The Morgan fingerprint density at radius 3 is 2.71 bits per heavy atom. The molecule has 0 fully saturated rings. The summed E-state index contributed by atoms with van der Waals surface area (Å²) in [6.07, 6.45) is 0. The zero-order chi connectivity index (χ0) is 10.7. The molecule has 0 spiro atoms. The van der Waals surface area contributed by atoms with Gasteiger partial charge in [0.1, 0.15) is 5.92 Å². The average Bonchev–Trinajstić information content (AvgIpc) is 2.11. The number of hydrogen-bond donors (Lipinski definition) is 2. The smallest absolute Gasteiger partial charge is 0.313 e. The standard InChI is InChI=1S/C10H11BrO3/c1-6-2-3-7(11)4-8(6)9(5-12)10(13)14/h2-4,9,12H,5H2,1H3,(H,13,14). The van der Waals surface area contributed by atoms with Crippen LogP contribution in [0.2, 0.25) is 0 Å². The Kier molecular flexibility index (Phi) is 3.66. The van der Waals surface area contributed by atoms with Crippen molar-refractivity contribution in [1.82, 2.24) is 0 Å². The topological polar surface area (TPSA) is 57.5 Å². The van der Waals surface area contributed by atoms with Crippen LogP contribution >= 0.6 is 15.9 Å². The van der Waals surface area contributed by atoms with Gasteiger partial charge in [-0.25, -0.2) is 0 Å². The number of aryl methyl sites for hydroxylation is 1. The predicted molar refractivity (Wildman–Crippen MR) is 56.3 cm³/mol. The lowest BCUT2D eigenvalue weighted by atomic mass is 9.96. The normalized spacial score (nSPS) is 12.5. The zero-order valence-electron chi connectivity index (χ0n) is 7.70. The summed E-state index contributed by atoms with van der Waals surface area (Å²) >= 11 is 3.27. The summed E-state index contributed by atoms with van der Waals surface area (Å²) in [7, 11) is 0. The molecule has 14 heavy (non-hydrogen) atoms. The number of halogens is 1. The fourth-order valence-electron chi connectivity index (χ4n) is 1.30. The van der Waals surface area contributed by atoms with Crippen molar-refractivity contribution in [3.05, 3.63) is 33.8 Å². The molecule has 0 aliphatic carbocycles. The summed E-state index contributed by atoms with van der Waals surface area (Å²) in [6, 6.07) is 5.39. The molecule has 0 aliphatic rings. The van der Waals surface area contributed by atoms with E-state index < -0.39 is 11.9 Å². The van der Waals surface area contributed by atoms with Crippen LogP contribution in [0.1, 0.15) is 17.0 Å². The minimum absolute atomic E-state index is 0.382. The summed E-state index contributed by atoms with van der Waals surface area (Å²) in [6.45, 7) is 1.44. The van der Waals surface area contributed by atoms with Gasteiger partial charge in [0, 0.05) is 4.47 Å². The van der Waals surface area contributed by atoms with Crippen LogP contribution in [-0.2, 0) is 4.79 Å². The minimum Gasteiger partial charge on any atom is -0.481 e. The third-order valence-electron chi connectivity index (χ3n) is 2.10. The van der Waals surface area contributed by atoms with Crippen molar-refractivity contribution >= 4 is 21.9 Å². The summed E-state index contributed by atoms with van der Waals surface area (Å²) in [5, 5.41) is 17.8. The average molecular weight is 259 g/mol. The SMILES string of the molecule is Cc1ccc(Br)cc1C(CO)C(=O)O. The van der Waals surface area contributed by atoms with E-state index in [2.05, 4.69) is 15.9 Å². The van der Waals surface area contributed by atoms with E-state index in [0.717, 1.165) is 10.0 Å². The number of aliphatic carboxylic acids is 1. The van der Waals surface area contributed by atoms with Crippen LogP contribution in [0.4, 0.5) is 0 Å². The molecule has 0 heterocycles.